The minimum absolute atomic E-state index is 0.133. The summed E-state index contributed by atoms with van der Waals surface area (Å²) in [6.45, 7) is 4.04. The highest BCUT2D eigenvalue weighted by atomic mass is 35.5. The van der Waals surface area contributed by atoms with E-state index in [9.17, 15) is 8.42 Å². The number of nitrogens with zero attached hydrogens (tertiary/aromatic N) is 1. The number of hydrogen-bond donors (Lipinski definition) is 1. The Bertz CT molecular complexity index is 534. The van der Waals surface area contributed by atoms with Crippen molar-refractivity contribution in [1.29, 1.82) is 0 Å². The van der Waals surface area contributed by atoms with Crippen LogP contribution >= 0.6 is 11.6 Å². The quantitative estimate of drug-likeness (QED) is 0.792. The molecule has 114 valence electrons. The van der Waals surface area contributed by atoms with Gasteiger partial charge in [-0.1, -0.05) is 24.6 Å². The smallest absolute Gasteiger partial charge is 0.244 e. The van der Waals surface area contributed by atoms with E-state index >= 15 is 0 Å². The van der Waals surface area contributed by atoms with E-state index in [-0.39, 0.29) is 16.5 Å². The molecule has 0 saturated heterocycles. The fraction of sp³-hybridized carbons (Fsp3) is 0.538. The Kier molecular flexibility index (Phi) is 6.91. The van der Waals surface area contributed by atoms with E-state index in [1.165, 1.54) is 18.5 Å². The van der Waals surface area contributed by atoms with Crippen molar-refractivity contribution in [1.82, 2.24) is 9.62 Å². The van der Waals surface area contributed by atoms with Crippen molar-refractivity contribution < 1.29 is 13.2 Å². The molecule has 0 aromatic heterocycles. The summed E-state index contributed by atoms with van der Waals surface area (Å²) in [4.78, 5) is 0.133. The Morgan fingerprint density at radius 1 is 1.40 bits per heavy atom. The fourth-order valence-corrected chi connectivity index (χ4v) is 3.31. The van der Waals surface area contributed by atoms with E-state index < -0.39 is 10.0 Å². The molecule has 0 aliphatic carbocycles. The molecule has 0 fully saturated rings. The van der Waals surface area contributed by atoms with Gasteiger partial charge in [-0.3, -0.25) is 0 Å². The van der Waals surface area contributed by atoms with Crippen LogP contribution in [0.25, 0.3) is 0 Å². The fourth-order valence-electron chi connectivity index (χ4n) is 1.63. The predicted octanol–water partition coefficient (Wildman–Crippen LogP) is 1.72. The number of ether oxygens (including phenoxy) is 1. The zero-order chi connectivity index (χ0) is 15.2. The standard InChI is InChI=1S/C13H21ClN2O3S/c1-4-15-10-11-5-6-12(14)13(9-11)20(17,18)16(2)7-8-19-3/h5-6,9,15H,4,7-8,10H2,1-3H3. The zero-order valence-corrected chi connectivity index (χ0v) is 13.6. The highest BCUT2D eigenvalue weighted by Gasteiger charge is 2.23. The first-order chi connectivity index (χ1) is 9.43. The summed E-state index contributed by atoms with van der Waals surface area (Å²) in [5, 5.41) is 3.39. The van der Waals surface area contributed by atoms with Gasteiger partial charge in [0, 0.05) is 27.2 Å². The molecule has 5 nitrogen and oxygen atoms in total. The van der Waals surface area contributed by atoms with Crippen LogP contribution in [0, 0.1) is 0 Å². The molecule has 7 heteroatoms. The van der Waals surface area contributed by atoms with Crippen LogP contribution in [-0.4, -0.2) is 46.6 Å². The van der Waals surface area contributed by atoms with Gasteiger partial charge in [-0.25, -0.2) is 8.42 Å². The van der Waals surface area contributed by atoms with Crippen LogP contribution in [0.2, 0.25) is 5.02 Å². The summed E-state index contributed by atoms with van der Waals surface area (Å²) in [6, 6.07) is 5.05. The van der Waals surface area contributed by atoms with Gasteiger partial charge in [-0.15, -0.1) is 0 Å². The molecular weight excluding hydrogens is 300 g/mol. The Morgan fingerprint density at radius 2 is 2.10 bits per heavy atom. The predicted molar refractivity (Wildman–Crippen MR) is 80.5 cm³/mol. The van der Waals surface area contributed by atoms with Crippen LogP contribution in [-0.2, 0) is 21.3 Å². The number of nitrogens with one attached hydrogen (secondary N) is 1. The van der Waals surface area contributed by atoms with Gasteiger partial charge in [-0.2, -0.15) is 4.31 Å². The van der Waals surface area contributed by atoms with Crippen LogP contribution in [0.4, 0.5) is 0 Å². The van der Waals surface area contributed by atoms with Gasteiger partial charge >= 0.3 is 0 Å². The van der Waals surface area contributed by atoms with Gasteiger partial charge in [0.25, 0.3) is 0 Å². The average Bonchev–Trinajstić information content (AvgIpc) is 2.43. The molecule has 0 spiro atoms. The van der Waals surface area contributed by atoms with E-state index in [0.29, 0.717) is 13.2 Å². The van der Waals surface area contributed by atoms with Crippen molar-refractivity contribution in [2.75, 3.05) is 33.9 Å². The highest BCUT2D eigenvalue weighted by Crippen LogP contribution is 2.25. The molecule has 1 rings (SSSR count). The maximum atomic E-state index is 12.5. The summed E-state index contributed by atoms with van der Waals surface area (Å²) in [5.74, 6) is 0. The van der Waals surface area contributed by atoms with Gasteiger partial charge in [0.15, 0.2) is 0 Å². The second-order valence-electron chi connectivity index (χ2n) is 4.36. The van der Waals surface area contributed by atoms with Crippen LogP contribution in [0.1, 0.15) is 12.5 Å². The molecule has 1 aromatic carbocycles. The largest absolute Gasteiger partial charge is 0.383 e. The second kappa shape index (κ2) is 7.95. The molecule has 1 aromatic rings. The monoisotopic (exact) mass is 320 g/mol. The number of likely N-dealkylation sites (N-methyl/N-ethyl adjacent to an activating group) is 1. The van der Waals surface area contributed by atoms with Crippen molar-refractivity contribution >= 4 is 21.6 Å². The Labute approximate surface area is 125 Å². The Hall–Kier alpha value is -0.660. The van der Waals surface area contributed by atoms with Gasteiger partial charge in [-0.05, 0) is 24.2 Å². The molecule has 0 aliphatic heterocycles. The Balaban J connectivity index is 3.03. The lowest BCUT2D eigenvalue weighted by atomic mass is 10.2. The molecule has 0 bridgehead atoms. The minimum Gasteiger partial charge on any atom is -0.383 e. The van der Waals surface area contributed by atoms with E-state index in [2.05, 4.69) is 5.32 Å². The summed E-state index contributed by atoms with van der Waals surface area (Å²) < 4.78 is 31.0. The van der Waals surface area contributed by atoms with Crippen molar-refractivity contribution in [3.63, 3.8) is 0 Å². The highest BCUT2D eigenvalue weighted by molar-refractivity contribution is 7.89. The lowest BCUT2D eigenvalue weighted by molar-refractivity contribution is 0.185. The lowest BCUT2D eigenvalue weighted by Crippen LogP contribution is -2.30. The van der Waals surface area contributed by atoms with E-state index in [1.807, 2.05) is 13.0 Å². The number of methoxy groups -OCH3 is 1. The average molecular weight is 321 g/mol. The summed E-state index contributed by atoms with van der Waals surface area (Å²) >= 11 is 6.04. The number of hydrogen-bond acceptors (Lipinski definition) is 4. The normalized spacial score (nSPS) is 12.1. The maximum Gasteiger partial charge on any atom is 0.244 e. The number of halogens is 1. The van der Waals surface area contributed by atoms with Crippen LogP contribution in [0.5, 0.6) is 0 Å². The lowest BCUT2D eigenvalue weighted by Gasteiger charge is -2.18. The Morgan fingerprint density at radius 3 is 2.70 bits per heavy atom. The summed E-state index contributed by atoms with van der Waals surface area (Å²) in [7, 11) is -0.548. The molecule has 0 heterocycles. The van der Waals surface area contributed by atoms with Crippen molar-refractivity contribution in [2.45, 2.75) is 18.4 Å². The molecule has 0 unspecified atom stereocenters. The number of sulfonamides is 1. The number of rotatable bonds is 8. The van der Waals surface area contributed by atoms with Gasteiger partial charge in [0.05, 0.1) is 11.6 Å². The molecule has 0 atom stereocenters. The molecule has 0 amide bonds. The minimum atomic E-state index is -3.60. The summed E-state index contributed by atoms with van der Waals surface area (Å²) in [6.07, 6.45) is 0. The zero-order valence-electron chi connectivity index (χ0n) is 12.0. The third-order valence-electron chi connectivity index (χ3n) is 2.87. The summed E-state index contributed by atoms with van der Waals surface area (Å²) in [5.41, 5.74) is 0.884. The van der Waals surface area contributed by atoms with Crippen molar-refractivity contribution in [3.05, 3.63) is 28.8 Å². The maximum absolute atomic E-state index is 12.5. The van der Waals surface area contributed by atoms with E-state index in [0.717, 1.165) is 12.1 Å². The first-order valence-corrected chi connectivity index (χ1v) is 8.19. The molecule has 0 saturated carbocycles. The van der Waals surface area contributed by atoms with E-state index in [4.69, 9.17) is 16.3 Å². The number of benzene rings is 1. The van der Waals surface area contributed by atoms with Gasteiger partial charge in [0.1, 0.15) is 4.90 Å². The molecule has 1 N–H and O–H groups in total. The van der Waals surface area contributed by atoms with Crippen LogP contribution in [0.15, 0.2) is 23.1 Å². The SMILES string of the molecule is CCNCc1ccc(Cl)c(S(=O)(=O)N(C)CCOC)c1. The van der Waals surface area contributed by atoms with Crippen LogP contribution < -0.4 is 5.32 Å². The topological polar surface area (TPSA) is 58.6 Å². The van der Waals surface area contributed by atoms with Crippen molar-refractivity contribution in [2.24, 2.45) is 0 Å². The first kappa shape index (κ1) is 17.4. The van der Waals surface area contributed by atoms with Crippen LogP contribution in [0.3, 0.4) is 0 Å². The second-order valence-corrected chi connectivity index (χ2v) is 6.78. The van der Waals surface area contributed by atoms with Gasteiger partial charge < -0.3 is 10.1 Å². The van der Waals surface area contributed by atoms with Gasteiger partial charge in [0.2, 0.25) is 10.0 Å². The third-order valence-corrected chi connectivity index (χ3v) is 5.21. The molecule has 20 heavy (non-hydrogen) atoms. The van der Waals surface area contributed by atoms with Crippen molar-refractivity contribution in [3.8, 4) is 0 Å². The molecule has 0 aliphatic rings. The first-order valence-electron chi connectivity index (χ1n) is 6.38. The third kappa shape index (κ3) is 4.43. The molecule has 0 radical (unpaired) electrons. The molecular formula is C13H21ClN2O3S. The van der Waals surface area contributed by atoms with E-state index in [1.54, 1.807) is 12.1 Å².